The summed E-state index contributed by atoms with van der Waals surface area (Å²) in [5.41, 5.74) is 1.07. The fourth-order valence-corrected chi connectivity index (χ4v) is 0.544. The highest BCUT2D eigenvalue weighted by Gasteiger charge is 2.06. The third-order valence-electron chi connectivity index (χ3n) is 0.834. The lowest BCUT2D eigenvalue weighted by Crippen LogP contribution is -2.03. The van der Waals surface area contributed by atoms with Gasteiger partial charge in [0, 0.05) is 6.92 Å². The smallest absolute Gasteiger partial charge is 0.236 e. The maximum absolute atomic E-state index is 3.98. The van der Waals surface area contributed by atoms with Gasteiger partial charge in [-0.25, -0.2) is 4.90 Å². The van der Waals surface area contributed by atoms with Crippen LogP contribution in [0, 0.1) is 0 Å². The van der Waals surface area contributed by atoms with Crippen molar-refractivity contribution in [3.8, 4) is 0 Å². The number of hydrogen-bond donors (Lipinski definition) is 0. The summed E-state index contributed by atoms with van der Waals surface area (Å²) in [4.78, 5) is 5.91. The Balaban J connectivity index is 2.69. The number of hydrogen-bond acceptors (Lipinski definition) is 2. The summed E-state index contributed by atoms with van der Waals surface area (Å²) in [7, 11) is 1.96. The van der Waals surface area contributed by atoms with Gasteiger partial charge < -0.3 is 0 Å². The van der Waals surface area contributed by atoms with E-state index < -0.39 is 0 Å². The molecule has 2 nitrogen and oxygen atoms in total. The summed E-state index contributed by atoms with van der Waals surface area (Å²) >= 11 is 0. The van der Waals surface area contributed by atoms with Gasteiger partial charge in [-0.1, -0.05) is 4.99 Å². The fraction of sp³-hybridized carbons (Fsp3) is 0.400. The fourth-order valence-electron chi connectivity index (χ4n) is 0.544. The Labute approximate surface area is 43.2 Å². The Morgan fingerprint density at radius 3 is 2.57 bits per heavy atom. The van der Waals surface area contributed by atoms with Crippen molar-refractivity contribution < 1.29 is 0 Å². The van der Waals surface area contributed by atoms with Crippen LogP contribution in [0.3, 0.4) is 0 Å². The highest BCUT2D eigenvalue weighted by Crippen LogP contribution is 1.92. The molecule has 0 amide bonds. The van der Waals surface area contributed by atoms with E-state index in [0.717, 1.165) is 5.70 Å². The number of aliphatic imine (C=N–C) groups is 1. The lowest BCUT2D eigenvalue weighted by atomic mass is 10.6. The van der Waals surface area contributed by atoms with Crippen molar-refractivity contribution in [2.75, 3.05) is 7.05 Å². The SMILES string of the molecule is CC1=CN(C)C=[N+]1. The molecule has 0 aromatic carbocycles. The van der Waals surface area contributed by atoms with E-state index in [1.54, 1.807) is 6.34 Å². The molecule has 2 heteroatoms. The molecule has 0 atom stereocenters. The quantitative estimate of drug-likeness (QED) is 0.420. The minimum Gasteiger partial charge on any atom is -0.236 e. The molecule has 0 aliphatic carbocycles. The molecule has 37 valence electrons. The van der Waals surface area contributed by atoms with Crippen LogP contribution in [0.2, 0.25) is 0 Å². The zero-order chi connectivity index (χ0) is 5.28. The molecule has 0 unspecified atom stereocenters. The van der Waals surface area contributed by atoms with E-state index in [0.29, 0.717) is 0 Å². The molecule has 0 fully saturated rings. The van der Waals surface area contributed by atoms with Gasteiger partial charge in [-0.3, -0.25) is 0 Å². The topological polar surface area (TPSA) is 17.3 Å². The monoisotopic (exact) mass is 96.1 g/mol. The van der Waals surface area contributed by atoms with Gasteiger partial charge in [-0.05, 0) is 0 Å². The first-order valence-corrected chi connectivity index (χ1v) is 2.23. The van der Waals surface area contributed by atoms with Crippen LogP contribution in [-0.4, -0.2) is 18.3 Å². The molecule has 0 N–H and O–H groups in total. The number of rotatable bonds is 0. The largest absolute Gasteiger partial charge is 0.286 e. The van der Waals surface area contributed by atoms with Crippen molar-refractivity contribution in [1.29, 1.82) is 0 Å². The lowest BCUT2D eigenvalue weighted by molar-refractivity contribution is 0.722. The molecule has 1 heterocycles. The second kappa shape index (κ2) is 1.37. The van der Waals surface area contributed by atoms with Crippen LogP contribution in [-0.2, 0) is 0 Å². The average Bonchev–Trinajstić information content (AvgIpc) is 1.87. The number of nitrogens with zero attached hydrogens (tertiary/aromatic N) is 2. The van der Waals surface area contributed by atoms with Crippen LogP contribution in [0.5, 0.6) is 0 Å². The van der Waals surface area contributed by atoms with Crippen LogP contribution < -0.4 is 4.99 Å². The van der Waals surface area contributed by atoms with E-state index >= 15 is 0 Å². The van der Waals surface area contributed by atoms with Crippen LogP contribution in [0.15, 0.2) is 11.9 Å². The summed E-state index contributed by atoms with van der Waals surface area (Å²) in [6.45, 7) is 1.97. The summed E-state index contributed by atoms with van der Waals surface area (Å²) in [5, 5.41) is 0. The lowest BCUT2D eigenvalue weighted by Gasteiger charge is -1.84. The van der Waals surface area contributed by atoms with Crippen molar-refractivity contribution in [3.63, 3.8) is 0 Å². The van der Waals surface area contributed by atoms with Crippen molar-refractivity contribution in [3.05, 3.63) is 11.9 Å². The van der Waals surface area contributed by atoms with E-state index in [9.17, 15) is 0 Å². The van der Waals surface area contributed by atoms with Gasteiger partial charge >= 0.3 is 0 Å². The van der Waals surface area contributed by atoms with Crippen LogP contribution in [0.25, 0.3) is 0 Å². The summed E-state index contributed by atoms with van der Waals surface area (Å²) < 4.78 is 0. The summed E-state index contributed by atoms with van der Waals surface area (Å²) in [5.74, 6) is 0. The zero-order valence-electron chi connectivity index (χ0n) is 4.55. The molecule has 0 bridgehead atoms. The summed E-state index contributed by atoms with van der Waals surface area (Å²) in [6.07, 6.45) is 3.76. The van der Waals surface area contributed by atoms with E-state index in [1.165, 1.54) is 0 Å². The molecule has 0 saturated carbocycles. The Morgan fingerprint density at radius 1 is 1.71 bits per heavy atom. The van der Waals surface area contributed by atoms with Crippen LogP contribution >= 0.6 is 0 Å². The summed E-state index contributed by atoms with van der Waals surface area (Å²) in [6, 6.07) is 0. The van der Waals surface area contributed by atoms with Crippen molar-refractivity contribution >= 4 is 6.34 Å². The molecule has 1 rings (SSSR count). The van der Waals surface area contributed by atoms with Gasteiger partial charge in [-0.15, -0.1) is 0 Å². The third-order valence-corrected chi connectivity index (χ3v) is 0.834. The number of allylic oxidation sites excluding steroid dienone is 1. The van der Waals surface area contributed by atoms with Gasteiger partial charge in [0.1, 0.15) is 6.20 Å². The molecule has 0 aromatic rings. The molecule has 1 aliphatic heterocycles. The Morgan fingerprint density at radius 2 is 2.43 bits per heavy atom. The normalized spacial score (nSPS) is 18.0. The first-order chi connectivity index (χ1) is 3.29. The van der Waals surface area contributed by atoms with E-state index in [4.69, 9.17) is 0 Å². The molecule has 0 saturated heterocycles. The molecular weight excluding hydrogens is 88.1 g/mol. The zero-order valence-corrected chi connectivity index (χ0v) is 4.55. The molecule has 0 aromatic heterocycles. The van der Waals surface area contributed by atoms with Gasteiger partial charge in [-0.2, -0.15) is 0 Å². The van der Waals surface area contributed by atoms with Gasteiger partial charge in [0.15, 0.2) is 5.70 Å². The first-order valence-electron chi connectivity index (χ1n) is 2.23. The average molecular weight is 96.1 g/mol. The van der Waals surface area contributed by atoms with Gasteiger partial charge in [0.2, 0.25) is 0 Å². The molecule has 1 radical (unpaired) electrons. The minimum absolute atomic E-state index is 1.07. The highest BCUT2D eigenvalue weighted by atomic mass is 15.1. The molecule has 0 spiro atoms. The molecule has 1 aliphatic rings. The van der Waals surface area contributed by atoms with Crippen molar-refractivity contribution in [1.82, 2.24) is 9.89 Å². The van der Waals surface area contributed by atoms with Gasteiger partial charge in [0.05, 0.1) is 7.05 Å². The van der Waals surface area contributed by atoms with Crippen molar-refractivity contribution in [2.45, 2.75) is 6.92 Å². The second-order valence-electron chi connectivity index (χ2n) is 1.68. The van der Waals surface area contributed by atoms with E-state index in [1.807, 2.05) is 25.1 Å². The maximum Gasteiger partial charge on any atom is 0.286 e. The standard InChI is InChI=1S/C5H8N2/c1-5-3-7(2)4-6-5/h3-4H,1-2H3/q+1. The second-order valence-corrected chi connectivity index (χ2v) is 1.68. The molecule has 7 heavy (non-hydrogen) atoms. The first kappa shape index (κ1) is 4.37. The minimum atomic E-state index is 1.07. The highest BCUT2D eigenvalue weighted by molar-refractivity contribution is 5.59. The van der Waals surface area contributed by atoms with E-state index in [-0.39, 0.29) is 0 Å². The van der Waals surface area contributed by atoms with Gasteiger partial charge in [0.25, 0.3) is 6.34 Å². The molecular formula is C5H8N2+. The Bertz CT molecular complexity index is 124. The predicted octanol–water partition coefficient (Wildman–Crippen LogP) is 0.157. The van der Waals surface area contributed by atoms with Crippen LogP contribution in [0.4, 0.5) is 0 Å². The Kier molecular flexibility index (Phi) is 0.855. The van der Waals surface area contributed by atoms with Crippen LogP contribution in [0.1, 0.15) is 6.92 Å². The van der Waals surface area contributed by atoms with Crippen molar-refractivity contribution in [2.24, 2.45) is 0 Å². The predicted molar refractivity (Wildman–Crippen MR) is 29.7 cm³/mol. The third kappa shape index (κ3) is 0.796. The Hall–Kier alpha value is -0.790. The van der Waals surface area contributed by atoms with E-state index in [2.05, 4.69) is 4.99 Å². The maximum atomic E-state index is 3.98.